The number of rotatable bonds is 7. The SMILES string of the molecule is COCCNC(=O)[C@@H]1C[C@H](Oc2cccnc2)CN1C(=O)C1CC=CC1. The van der Waals surface area contributed by atoms with Crippen molar-refractivity contribution >= 4 is 11.8 Å². The van der Waals surface area contributed by atoms with Crippen LogP contribution in [-0.2, 0) is 14.3 Å². The fourth-order valence-corrected chi connectivity index (χ4v) is 3.43. The Morgan fingerprint density at radius 2 is 2.15 bits per heavy atom. The summed E-state index contributed by atoms with van der Waals surface area (Å²) in [6.07, 6.45) is 9.08. The average Bonchev–Trinajstić information content (AvgIpc) is 3.32. The monoisotopic (exact) mass is 359 g/mol. The first-order chi connectivity index (χ1) is 12.7. The van der Waals surface area contributed by atoms with E-state index in [0.717, 1.165) is 12.8 Å². The van der Waals surface area contributed by atoms with Gasteiger partial charge in [-0.15, -0.1) is 0 Å². The summed E-state index contributed by atoms with van der Waals surface area (Å²) in [7, 11) is 1.59. The highest BCUT2D eigenvalue weighted by molar-refractivity contribution is 5.89. The van der Waals surface area contributed by atoms with Gasteiger partial charge in [-0.2, -0.15) is 0 Å². The maximum atomic E-state index is 12.9. The maximum Gasteiger partial charge on any atom is 0.243 e. The van der Waals surface area contributed by atoms with Crippen molar-refractivity contribution in [2.45, 2.75) is 31.4 Å². The Labute approximate surface area is 153 Å². The van der Waals surface area contributed by atoms with Crippen molar-refractivity contribution in [2.24, 2.45) is 5.92 Å². The largest absolute Gasteiger partial charge is 0.487 e. The number of methoxy groups -OCH3 is 1. The van der Waals surface area contributed by atoms with Crippen molar-refractivity contribution < 1.29 is 19.1 Å². The van der Waals surface area contributed by atoms with E-state index in [0.29, 0.717) is 31.9 Å². The minimum atomic E-state index is -0.512. The van der Waals surface area contributed by atoms with Crippen LogP contribution in [0.2, 0.25) is 0 Å². The number of nitrogens with zero attached hydrogens (tertiary/aromatic N) is 2. The minimum absolute atomic E-state index is 0.0270. The summed E-state index contributed by atoms with van der Waals surface area (Å²) in [4.78, 5) is 31.2. The minimum Gasteiger partial charge on any atom is -0.487 e. The highest BCUT2D eigenvalue weighted by Crippen LogP contribution is 2.28. The van der Waals surface area contributed by atoms with Crippen LogP contribution < -0.4 is 10.1 Å². The lowest BCUT2D eigenvalue weighted by Crippen LogP contribution is -2.48. The standard InChI is InChI=1S/C19H25N3O4/c1-25-10-9-21-18(23)17-11-16(26-15-7-4-8-20-12-15)13-22(17)19(24)14-5-2-3-6-14/h2-4,7-8,12,14,16-17H,5-6,9-11,13H2,1H3,(H,21,23)/t16-,17-/m0/s1. The number of hydrogen-bond donors (Lipinski definition) is 1. The molecule has 2 atom stereocenters. The van der Waals surface area contributed by atoms with Gasteiger partial charge in [0.1, 0.15) is 17.9 Å². The van der Waals surface area contributed by atoms with E-state index in [1.54, 1.807) is 30.5 Å². The summed E-state index contributed by atoms with van der Waals surface area (Å²) in [5, 5.41) is 2.84. The number of carbonyl (C=O) groups is 2. The molecule has 1 fully saturated rings. The fraction of sp³-hybridized carbons (Fsp3) is 0.526. The lowest BCUT2D eigenvalue weighted by atomic mass is 10.0. The second-order valence-electron chi connectivity index (χ2n) is 6.59. The molecule has 2 heterocycles. The Morgan fingerprint density at radius 3 is 2.85 bits per heavy atom. The van der Waals surface area contributed by atoms with Crippen molar-refractivity contribution in [1.29, 1.82) is 0 Å². The molecule has 0 radical (unpaired) electrons. The van der Waals surface area contributed by atoms with E-state index in [4.69, 9.17) is 9.47 Å². The van der Waals surface area contributed by atoms with Crippen molar-refractivity contribution in [3.8, 4) is 5.75 Å². The third kappa shape index (κ3) is 4.40. The molecule has 140 valence electrons. The molecule has 2 amide bonds. The molecule has 7 nitrogen and oxygen atoms in total. The zero-order valence-electron chi connectivity index (χ0n) is 15.0. The number of likely N-dealkylation sites (tertiary alicyclic amines) is 1. The van der Waals surface area contributed by atoms with Crippen molar-refractivity contribution in [3.63, 3.8) is 0 Å². The van der Waals surface area contributed by atoms with Gasteiger partial charge in [0.15, 0.2) is 0 Å². The quantitative estimate of drug-likeness (QED) is 0.584. The highest BCUT2D eigenvalue weighted by Gasteiger charge is 2.42. The third-order valence-corrected chi connectivity index (χ3v) is 4.75. The molecule has 0 unspecified atom stereocenters. The van der Waals surface area contributed by atoms with Gasteiger partial charge < -0.3 is 19.7 Å². The second-order valence-corrected chi connectivity index (χ2v) is 6.59. The summed E-state index contributed by atoms with van der Waals surface area (Å²) >= 11 is 0. The molecule has 7 heteroatoms. The smallest absolute Gasteiger partial charge is 0.243 e. The topological polar surface area (TPSA) is 80.8 Å². The Balaban J connectivity index is 1.67. The number of pyridine rings is 1. The molecule has 0 aromatic carbocycles. The van der Waals surface area contributed by atoms with Gasteiger partial charge in [0.05, 0.1) is 19.3 Å². The number of aromatic nitrogens is 1. The van der Waals surface area contributed by atoms with Crippen molar-refractivity contribution in [3.05, 3.63) is 36.7 Å². The molecule has 1 aliphatic heterocycles. The lowest BCUT2D eigenvalue weighted by molar-refractivity contribution is -0.141. The zero-order chi connectivity index (χ0) is 18.4. The number of hydrogen-bond acceptors (Lipinski definition) is 5. The summed E-state index contributed by atoms with van der Waals surface area (Å²) in [5.74, 6) is 0.451. The number of carbonyl (C=O) groups excluding carboxylic acids is 2. The fourth-order valence-electron chi connectivity index (χ4n) is 3.43. The van der Waals surface area contributed by atoms with E-state index in [-0.39, 0.29) is 23.8 Å². The molecule has 1 aliphatic carbocycles. The van der Waals surface area contributed by atoms with Gasteiger partial charge in [0, 0.05) is 32.2 Å². The van der Waals surface area contributed by atoms with Crippen molar-refractivity contribution in [2.75, 3.05) is 26.8 Å². The van der Waals surface area contributed by atoms with Gasteiger partial charge in [-0.3, -0.25) is 14.6 Å². The average molecular weight is 359 g/mol. The van der Waals surface area contributed by atoms with Crippen LogP contribution >= 0.6 is 0 Å². The summed E-state index contributed by atoms with van der Waals surface area (Å²) in [6, 6.07) is 3.11. The molecule has 1 saturated heterocycles. The Bertz CT molecular complexity index is 641. The summed E-state index contributed by atoms with van der Waals surface area (Å²) in [6.45, 7) is 1.27. The molecule has 1 N–H and O–H groups in total. The number of ether oxygens (including phenoxy) is 2. The molecule has 3 rings (SSSR count). The first-order valence-electron chi connectivity index (χ1n) is 8.98. The second kappa shape index (κ2) is 8.80. The van der Waals surface area contributed by atoms with Crippen LogP contribution in [0.1, 0.15) is 19.3 Å². The number of nitrogens with one attached hydrogen (secondary N) is 1. The molecule has 0 saturated carbocycles. The molecule has 1 aromatic rings. The van der Waals surface area contributed by atoms with Gasteiger partial charge in [-0.25, -0.2) is 0 Å². The van der Waals surface area contributed by atoms with Crippen LogP contribution in [0, 0.1) is 5.92 Å². The molecule has 26 heavy (non-hydrogen) atoms. The van der Waals surface area contributed by atoms with Crippen LogP contribution in [0.4, 0.5) is 0 Å². The third-order valence-electron chi connectivity index (χ3n) is 4.75. The van der Waals surface area contributed by atoms with E-state index in [2.05, 4.69) is 10.3 Å². The summed E-state index contributed by atoms with van der Waals surface area (Å²) in [5.41, 5.74) is 0. The molecule has 0 spiro atoms. The Hall–Kier alpha value is -2.41. The molecular weight excluding hydrogens is 334 g/mol. The van der Waals surface area contributed by atoms with E-state index < -0.39 is 6.04 Å². The zero-order valence-corrected chi connectivity index (χ0v) is 15.0. The van der Waals surface area contributed by atoms with E-state index in [1.807, 2.05) is 18.2 Å². The first-order valence-corrected chi connectivity index (χ1v) is 8.98. The highest BCUT2D eigenvalue weighted by atomic mass is 16.5. The van der Waals surface area contributed by atoms with Gasteiger partial charge in [-0.05, 0) is 25.0 Å². The number of amides is 2. The Kier molecular flexibility index (Phi) is 6.22. The van der Waals surface area contributed by atoms with E-state index in [9.17, 15) is 9.59 Å². The Morgan fingerprint density at radius 1 is 1.35 bits per heavy atom. The van der Waals surface area contributed by atoms with Crippen LogP contribution in [0.15, 0.2) is 36.7 Å². The van der Waals surface area contributed by atoms with Crippen LogP contribution in [-0.4, -0.2) is 60.7 Å². The first kappa shape index (κ1) is 18.4. The predicted molar refractivity (Wildman–Crippen MR) is 95.5 cm³/mol. The van der Waals surface area contributed by atoms with Crippen LogP contribution in [0.25, 0.3) is 0 Å². The van der Waals surface area contributed by atoms with Gasteiger partial charge >= 0.3 is 0 Å². The molecular formula is C19H25N3O4. The normalized spacial score (nSPS) is 22.6. The lowest BCUT2D eigenvalue weighted by Gasteiger charge is -2.26. The van der Waals surface area contributed by atoms with Crippen LogP contribution in [0.3, 0.4) is 0 Å². The molecule has 1 aromatic heterocycles. The summed E-state index contributed by atoms with van der Waals surface area (Å²) < 4.78 is 10.9. The number of allylic oxidation sites excluding steroid dienone is 2. The van der Waals surface area contributed by atoms with Crippen LogP contribution in [0.5, 0.6) is 5.75 Å². The molecule has 2 aliphatic rings. The van der Waals surface area contributed by atoms with E-state index in [1.165, 1.54) is 0 Å². The van der Waals surface area contributed by atoms with Gasteiger partial charge in [0.2, 0.25) is 11.8 Å². The van der Waals surface area contributed by atoms with Gasteiger partial charge in [-0.1, -0.05) is 12.2 Å². The van der Waals surface area contributed by atoms with Crippen molar-refractivity contribution in [1.82, 2.24) is 15.2 Å². The van der Waals surface area contributed by atoms with Gasteiger partial charge in [0.25, 0.3) is 0 Å². The van der Waals surface area contributed by atoms with E-state index >= 15 is 0 Å². The molecule has 0 bridgehead atoms. The predicted octanol–water partition coefficient (Wildman–Crippen LogP) is 1.16. The maximum absolute atomic E-state index is 12.9.